The molecule has 0 amide bonds. The molecule has 1 aliphatic carbocycles. The molecule has 0 spiro atoms. The summed E-state index contributed by atoms with van der Waals surface area (Å²) in [5.41, 5.74) is 4.20. The molecule has 0 aliphatic heterocycles. The highest BCUT2D eigenvalue weighted by atomic mass is 16.4. The molecule has 1 aliphatic rings. The highest BCUT2D eigenvalue weighted by Gasteiger charge is 2.25. The molecule has 2 rings (SSSR count). The molecule has 7 heteroatoms. The first-order valence-corrected chi connectivity index (χ1v) is 4.47. The quantitative estimate of drug-likeness (QED) is 0.250. The second-order valence-electron chi connectivity index (χ2n) is 3.43. The van der Waals surface area contributed by atoms with Gasteiger partial charge in [-0.25, -0.2) is 4.79 Å². The summed E-state index contributed by atoms with van der Waals surface area (Å²) in [6.07, 6.45) is 3.14. The second-order valence-corrected chi connectivity index (χ2v) is 3.43. The Morgan fingerprint density at radius 2 is 2.27 bits per heavy atom. The van der Waals surface area contributed by atoms with Crippen LogP contribution in [0.4, 0.5) is 0 Å². The van der Waals surface area contributed by atoms with Crippen LogP contribution in [-0.4, -0.2) is 20.6 Å². The number of aromatic amines is 1. The normalized spacial score (nSPS) is 16.7. The Kier molecular flexibility index (Phi) is 2.07. The highest BCUT2D eigenvalue weighted by Crippen LogP contribution is 2.32. The van der Waals surface area contributed by atoms with Crippen LogP contribution in [0.2, 0.25) is 0 Å². The van der Waals surface area contributed by atoms with E-state index >= 15 is 0 Å². The fourth-order valence-electron chi connectivity index (χ4n) is 1.35. The molecule has 1 fully saturated rings. The number of hydrogen-bond donors (Lipinski definition) is 3. The first-order chi connectivity index (χ1) is 7.13. The van der Waals surface area contributed by atoms with E-state index in [0.717, 1.165) is 12.8 Å². The minimum atomic E-state index is -0.646. The van der Waals surface area contributed by atoms with Crippen LogP contribution in [0.1, 0.15) is 24.4 Å². The van der Waals surface area contributed by atoms with Gasteiger partial charge in [-0.15, -0.1) is 0 Å². The predicted molar refractivity (Wildman–Crippen MR) is 52.1 cm³/mol. The van der Waals surface area contributed by atoms with Crippen molar-refractivity contribution in [2.75, 3.05) is 0 Å². The molecule has 0 bridgehead atoms. The van der Waals surface area contributed by atoms with Gasteiger partial charge < -0.3 is 10.9 Å². The van der Waals surface area contributed by atoms with Gasteiger partial charge >= 0.3 is 5.69 Å². The summed E-state index contributed by atoms with van der Waals surface area (Å²) in [6, 6.07) is 0.125. The summed E-state index contributed by atoms with van der Waals surface area (Å²) in [5, 5.41) is 11.2. The SMILES string of the molecule is N/C(=N\O)c1cn(C2CC2)c(=O)[nH]c1=O. The van der Waals surface area contributed by atoms with Crippen molar-refractivity contribution in [3.8, 4) is 0 Å². The van der Waals surface area contributed by atoms with Crippen LogP contribution in [0.3, 0.4) is 0 Å². The molecular formula is C8H10N4O3. The summed E-state index contributed by atoms with van der Waals surface area (Å²) < 4.78 is 1.40. The van der Waals surface area contributed by atoms with Crippen molar-refractivity contribution in [2.45, 2.75) is 18.9 Å². The van der Waals surface area contributed by atoms with Crippen LogP contribution in [0.5, 0.6) is 0 Å². The molecule has 0 unspecified atom stereocenters. The zero-order chi connectivity index (χ0) is 11.0. The Hall–Kier alpha value is -2.05. The van der Waals surface area contributed by atoms with E-state index in [9.17, 15) is 9.59 Å². The van der Waals surface area contributed by atoms with Gasteiger partial charge in [0.05, 0.1) is 0 Å². The van der Waals surface area contributed by atoms with Gasteiger partial charge in [-0.3, -0.25) is 14.3 Å². The van der Waals surface area contributed by atoms with E-state index in [-0.39, 0.29) is 17.4 Å². The van der Waals surface area contributed by atoms with Crippen molar-refractivity contribution in [1.29, 1.82) is 0 Å². The molecule has 7 nitrogen and oxygen atoms in total. The van der Waals surface area contributed by atoms with Gasteiger partial charge in [0.15, 0.2) is 5.84 Å². The molecular weight excluding hydrogens is 200 g/mol. The van der Waals surface area contributed by atoms with E-state index in [1.165, 1.54) is 10.8 Å². The Morgan fingerprint density at radius 1 is 1.60 bits per heavy atom. The smallest absolute Gasteiger partial charge is 0.328 e. The van der Waals surface area contributed by atoms with E-state index in [4.69, 9.17) is 10.9 Å². The Bertz CT molecular complexity index is 523. The summed E-state index contributed by atoms with van der Waals surface area (Å²) >= 11 is 0. The number of nitrogens with two attached hydrogens (primary N) is 1. The van der Waals surface area contributed by atoms with Crippen LogP contribution < -0.4 is 17.0 Å². The molecule has 1 saturated carbocycles. The number of nitrogens with one attached hydrogen (secondary N) is 1. The maximum absolute atomic E-state index is 11.3. The van der Waals surface area contributed by atoms with E-state index in [1.54, 1.807) is 0 Å². The minimum absolute atomic E-state index is 0.00370. The summed E-state index contributed by atoms with van der Waals surface area (Å²) in [7, 11) is 0. The standard InChI is InChI=1S/C8H10N4O3/c9-6(11-15)5-3-12(4-1-2-4)8(14)10-7(5)13/h3-4,15H,1-2H2,(H2,9,11)(H,10,13,14). The number of H-pyrrole nitrogens is 1. The van der Waals surface area contributed by atoms with Crippen molar-refractivity contribution in [1.82, 2.24) is 9.55 Å². The van der Waals surface area contributed by atoms with Crippen molar-refractivity contribution in [3.63, 3.8) is 0 Å². The predicted octanol–water partition coefficient (Wildman–Crippen LogP) is -1.03. The molecule has 15 heavy (non-hydrogen) atoms. The van der Waals surface area contributed by atoms with Gasteiger partial charge in [0, 0.05) is 12.2 Å². The van der Waals surface area contributed by atoms with Crippen LogP contribution in [0.15, 0.2) is 20.9 Å². The minimum Gasteiger partial charge on any atom is -0.409 e. The van der Waals surface area contributed by atoms with Gasteiger partial charge in [-0.2, -0.15) is 0 Å². The maximum Gasteiger partial charge on any atom is 0.328 e. The van der Waals surface area contributed by atoms with Crippen LogP contribution >= 0.6 is 0 Å². The molecule has 0 aromatic carbocycles. The van der Waals surface area contributed by atoms with E-state index < -0.39 is 11.2 Å². The second kappa shape index (κ2) is 3.26. The van der Waals surface area contributed by atoms with Crippen LogP contribution in [0, 0.1) is 0 Å². The summed E-state index contributed by atoms with van der Waals surface area (Å²) in [5.74, 6) is -0.300. The number of rotatable bonds is 2. The monoisotopic (exact) mass is 210 g/mol. The first kappa shape index (κ1) is 9.50. The number of aromatic nitrogens is 2. The van der Waals surface area contributed by atoms with Crippen molar-refractivity contribution in [2.24, 2.45) is 10.9 Å². The third-order valence-corrected chi connectivity index (χ3v) is 2.29. The lowest BCUT2D eigenvalue weighted by Gasteiger charge is -2.04. The van der Waals surface area contributed by atoms with E-state index in [0.29, 0.717) is 0 Å². The lowest BCUT2D eigenvalue weighted by Crippen LogP contribution is -2.35. The lowest BCUT2D eigenvalue weighted by molar-refractivity contribution is 0.318. The number of nitrogens with zero attached hydrogens (tertiary/aromatic N) is 2. The van der Waals surface area contributed by atoms with Gasteiger partial charge in [-0.1, -0.05) is 5.16 Å². The number of oxime groups is 1. The molecule has 0 saturated heterocycles. The molecule has 1 aromatic rings. The topological polar surface area (TPSA) is 113 Å². The Morgan fingerprint density at radius 3 is 2.80 bits per heavy atom. The summed E-state index contributed by atoms with van der Waals surface area (Å²) in [4.78, 5) is 24.8. The highest BCUT2D eigenvalue weighted by molar-refractivity contribution is 5.96. The van der Waals surface area contributed by atoms with Gasteiger partial charge in [-0.05, 0) is 12.8 Å². The van der Waals surface area contributed by atoms with Crippen molar-refractivity contribution >= 4 is 5.84 Å². The molecule has 0 radical (unpaired) electrons. The number of hydrogen-bond acceptors (Lipinski definition) is 4. The number of amidine groups is 1. The van der Waals surface area contributed by atoms with E-state index in [1.807, 2.05) is 0 Å². The van der Waals surface area contributed by atoms with Crippen LogP contribution in [0.25, 0.3) is 0 Å². The average molecular weight is 210 g/mol. The molecule has 0 atom stereocenters. The van der Waals surface area contributed by atoms with Gasteiger partial charge in [0.2, 0.25) is 0 Å². The molecule has 1 heterocycles. The summed E-state index contributed by atoms with van der Waals surface area (Å²) in [6.45, 7) is 0. The fraction of sp³-hybridized carbons (Fsp3) is 0.375. The third kappa shape index (κ3) is 1.63. The Balaban J connectivity index is 2.61. The van der Waals surface area contributed by atoms with Gasteiger partial charge in [0.25, 0.3) is 5.56 Å². The maximum atomic E-state index is 11.3. The van der Waals surface area contributed by atoms with Crippen molar-refractivity contribution in [3.05, 3.63) is 32.6 Å². The molecule has 80 valence electrons. The van der Waals surface area contributed by atoms with E-state index in [2.05, 4.69) is 10.1 Å². The average Bonchev–Trinajstić information content (AvgIpc) is 3.00. The first-order valence-electron chi connectivity index (χ1n) is 4.47. The largest absolute Gasteiger partial charge is 0.409 e. The van der Waals surface area contributed by atoms with Gasteiger partial charge in [0.1, 0.15) is 5.56 Å². The third-order valence-electron chi connectivity index (χ3n) is 2.29. The fourth-order valence-corrected chi connectivity index (χ4v) is 1.35. The lowest BCUT2D eigenvalue weighted by atomic mass is 10.3. The zero-order valence-electron chi connectivity index (χ0n) is 7.80. The van der Waals surface area contributed by atoms with Crippen molar-refractivity contribution < 1.29 is 5.21 Å². The van der Waals surface area contributed by atoms with Crippen LogP contribution in [-0.2, 0) is 0 Å². The molecule has 4 N–H and O–H groups in total. The zero-order valence-corrected chi connectivity index (χ0v) is 7.80. The molecule has 1 aromatic heterocycles. The Labute approximate surface area is 83.8 Å².